The van der Waals surface area contributed by atoms with Gasteiger partial charge in [-0.15, -0.1) is 24.8 Å². The monoisotopic (exact) mass is 305 g/mol. The van der Waals surface area contributed by atoms with E-state index in [1.165, 1.54) is 25.2 Å². The van der Waals surface area contributed by atoms with Gasteiger partial charge in [-0.3, -0.25) is 4.90 Å². The summed E-state index contributed by atoms with van der Waals surface area (Å²) in [5, 5.41) is 3.39. The molecule has 1 fully saturated rings. The van der Waals surface area contributed by atoms with Crippen LogP contribution in [0.25, 0.3) is 0 Å². The summed E-state index contributed by atoms with van der Waals surface area (Å²) in [5.41, 5.74) is 1.40. The fourth-order valence-electron chi connectivity index (χ4n) is 2.22. The summed E-state index contributed by atoms with van der Waals surface area (Å²) in [4.78, 5) is 4.94. The molecule has 0 aromatic heterocycles. The van der Waals surface area contributed by atoms with E-state index < -0.39 is 0 Å². The maximum atomic E-state index is 3.39. The molecule has 1 aromatic carbocycles. The molecule has 1 aliphatic heterocycles. The molecule has 0 radical (unpaired) electrons. The van der Waals surface area contributed by atoms with E-state index in [-0.39, 0.29) is 24.8 Å². The molecule has 0 atom stereocenters. The third-order valence-electron chi connectivity index (χ3n) is 3.30. The highest BCUT2D eigenvalue weighted by Gasteiger charge is 2.09. The highest BCUT2D eigenvalue weighted by molar-refractivity contribution is 5.85. The largest absolute Gasteiger partial charge is 0.314 e. The van der Waals surface area contributed by atoms with Gasteiger partial charge in [-0.1, -0.05) is 30.3 Å². The van der Waals surface area contributed by atoms with E-state index in [2.05, 4.69) is 52.5 Å². The molecule has 0 saturated carbocycles. The fourth-order valence-corrected chi connectivity index (χ4v) is 2.22. The molecule has 19 heavy (non-hydrogen) atoms. The molecule has 0 unspecified atom stereocenters. The second-order valence-electron chi connectivity index (χ2n) is 4.82. The van der Waals surface area contributed by atoms with Gasteiger partial charge in [-0.05, 0) is 12.6 Å². The Balaban J connectivity index is 0.00000162. The number of likely N-dealkylation sites (N-methyl/N-ethyl adjacent to an activating group) is 1. The molecule has 5 heteroatoms. The molecular weight excluding hydrogens is 281 g/mol. The van der Waals surface area contributed by atoms with Crippen LogP contribution in [0, 0.1) is 0 Å². The molecule has 1 aliphatic rings. The smallest absolute Gasteiger partial charge is 0.0231 e. The lowest BCUT2D eigenvalue weighted by Gasteiger charge is -2.29. The normalized spacial score (nSPS) is 15.7. The van der Waals surface area contributed by atoms with E-state index in [0.29, 0.717) is 0 Å². The van der Waals surface area contributed by atoms with Crippen molar-refractivity contribution >= 4 is 24.8 Å². The highest BCUT2D eigenvalue weighted by atomic mass is 35.5. The summed E-state index contributed by atoms with van der Waals surface area (Å²) in [6.07, 6.45) is 0. The lowest BCUT2D eigenvalue weighted by molar-refractivity contribution is 0.202. The first kappa shape index (κ1) is 18.7. The van der Waals surface area contributed by atoms with Gasteiger partial charge >= 0.3 is 0 Å². The number of halogens is 2. The molecule has 0 amide bonds. The predicted molar refractivity (Wildman–Crippen MR) is 86.6 cm³/mol. The summed E-state index contributed by atoms with van der Waals surface area (Å²) >= 11 is 0. The Morgan fingerprint density at radius 3 is 2.37 bits per heavy atom. The maximum Gasteiger partial charge on any atom is 0.0231 e. The number of benzene rings is 1. The molecule has 1 aromatic rings. The molecular formula is C14H25Cl2N3. The first-order valence-electron chi connectivity index (χ1n) is 6.50. The van der Waals surface area contributed by atoms with E-state index in [0.717, 1.165) is 26.2 Å². The summed E-state index contributed by atoms with van der Waals surface area (Å²) < 4.78 is 0. The van der Waals surface area contributed by atoms with E-state index in [1.54, 1.807) is 0 Å². The van der Waals surface area contributed by atoms with Crippen molar-refractivity contribution < 1.29 is 0 Å². The van der Waals surface area contributed by atoms with Gasteiger partial charge in [-0.2, -0.15) is 0 Å². The summed E-state index contributed by atoms with van der Waals surface area (Å²) in [6, 6.07) is 10.7. The predicted octanol–water partition coefficient (Wildman–Crippen LogP) is 1.87. The second-order valence-corrected chi connectivity index (χ2v) is 4.82. The minimum atomic E-state index is 0. The lowest BCUT2D eigenvalue weighted by Crippen LogP contribution is -2.45. The Morgan fingerprint density at radius 1 is 1.11 bits per heavy atom. The Labute approximate surface area is 129 Å². The maximum absolute atomic E-state index is 3.39. The van der Waals surface area contributed by atoms with Crippen molar-refractivity contribution in [1.82, 2.24) is 15.1 Å². The van der Waals surface area contributed by atoms with Crippen molar-refractivity contribution in [1.29, 1.82) is 0 Å². The van der Waals surface area contributed by atoms with Gasteiger partial charge in [0.05, 0.1) is 0 Å². The van der Waals surface area contributed by atoms with E-state index in [4.69, 9.17) is 0 Å². The van der Waals surface area contributed by atoms with Gasteiger partial charge in [0.15, 0.2) is 0 Å². The van der Waals surface area contributed by atoms with Crippen LogP contribution >= 0.6 is 24.8 Å². The van der Waals surface area contributed by atoms with Crippen LogP contribution in [0.2, 0.25) is 0 Å². The Bertz CT molecular complexity index is 316. The number of hydrogen-bond acceptors (Lipinski definition) is 3. The number of hydrogen-bond donors (Lipinski definition) is 1. The van der Waals surface area contributed by atoms with Crippen LogP contribution in [0.3, 0.4) is 0 Å². The van der Waals surface area contributed by atoms with Gasteiger partial charge in [0.1, 0.15) is 0 Å². The van der Waals surface area contributed by atoms with Crippen molar-refractivity contribution in [2.75, 3.05) is 46.3 Å². The van der Waals surface area contributed by atoms with Gasteiger partial charge in [-0.25, -0.2) is 0 Å². The van der Waals surface area contributed by atoms with Crippen molar-refractivity contribution in [2.45, 2.75) is 6.54 Å². The number of piperazine rings is 1. The molecule has 110 valence electrons. The average Bonchev–Trinajstić information content (AvgIpc) is 2.39. The first-order valence-corrected chi connectivity index (χ1v) is 6.50. The highest BCUT2D eigenvalue weighted by Crippen LogP contribution is 2.02. The van der Waals surface area contributed by atoms with Crippen LogP contribution in [0.1, 0.15) is 5.56 Å². The van der Waals surface area contributed by atoms with Gasteiger partial charge in [0.25, 0.3) is 0 Å². The number of rotatable bonds is 5. The van der Waals surface area contributed by atoms with Crippen molar-refractivity contribution in [3.63, 3.8) is 0 Å². The molecule has 0 spiro atoms. The molecule has 1 saturated heterocycles. The van der Waals surface area contributed by atoms with Gasteiger partial charge < -0.3 is 10.2 Å². The van der Waals surface area contributed by atoms with E-state index in [9.17, 15) is 0 Å². The van der Waals surface area contributed by atoms with Crippen LogP contribution in [-0.4, -0.2) is 56.1 Å². The Morgan fingerprint density at radius 2 is 1.74 bits per heavy atom. The SMILES string of the molecule is CN(CCN1CCNCC1)Cc1ccccc1.Cl.Cl. The quantitative estimate of drug-likeness (QED) is 0.896. The zero-order valence-electron chi connectivity index (χ0n) is 11.5. The minimum absolute atomic E-state index is 0. The molecule has 0 aliphatic carbocycles. The van der Waals surface area contributed by atoms with Crippen LogP contribution in [-0.2, 0) is 6.54 Å². The standard InChI is InChI=1S/C14H23N3.2ClH/c1-16(13-14-5-3-2-4-6-14)11-12-17-9-7-15-8-10-17;;/h2-6,15H,7-13H2,1H3;2*1H. The average molecular weight is 306 g/mol. The topological polar surface area (TPSA) is 18.5 Å². The van der Waals surface area contributed by atoms with Gasteiger partial charge in [0, 0.05) is 45.8 Å². The van der Waals surface area contributed by atoms with Crippen LogP contribution in [0.4, 0.5) is 0 Å². The third-order valence-corrected chi connectivity index (χ3v) is 3.30. The molecule has 3 nitrogen and oxygen atoms in total. The van der Waals surface area contributed by atoms with Gasteiger partial charge in [0.2, 0.25) is 0 Å². The first-order chi connectivity index (χ1) is 8.34. The van der Waals surface area contributed by atoms with Crippen LogP contribution in [0.15, 0.2) is 30.3 Å². The summed E-state index contributed by atoms with van der Waals surface area (Å²) in [6.45, 7) is 8.05. The third kappa shape index (κ3) is 7.14. The molecule has 0 bridgehead atoms. The van der Waals surface area contributed by atoms with Crippen LogP contribution in [0.5, 0.6) is 0 Å². The number of nitrogens with zero attached hydrogens (tertiary/aromatic N) is 2. The fraction of sp³-hybridized carbons (Fsp3) is 0.571. The molecule has 2 rings (SSSR count). The Hall–Kier alpha value is -0.320. The van der Waals surface area contributed by atoms with E-state index in [1.807, 2.05) is 0 Å². The van der Waals surface area contributed by atoms with Crippen molar-refractivity contribution in [3.05, 3.63) is 35.9 Å². The summed E-state index contributed by atoms with van der Waals surface area (Å²) in [5.74, 6) is 0. The van der Waals surface area contributed by atoms with E-state index >= 15 is 0 Å². The number of nitrogens with one attached hydrogen (secondary N) is 1. The minimum Gasteiger partial charge on any atom is -0.314 e. The molecule has 1 heterocycles. The van der Waals surface area contributed by atoms with Crippen LogP contribution < -0.4 is 5.32 Å². The zero-order chi connectivity index (χ0) is 11.9. The van der Waals surface area contributed by atoms with Crippen molar-refractivity contribution in [3.8, 4) is 0 Å². The lowest BCUT2D eigenvalue weighted by atomic mass is 10.2. The zero-order valence-corrected chi connectivity index (χ0v) is 13.2. The summed E-state index contributed by atoms with van der Waals surface area (Å²) in [7, 11) is 2.20. The molecule has 1 N–H and O–H groups in total. The Kier molecular flexibility index (Phi) is 10.3. The second kappa shape index (κ2) is 10.5. The van der Waals surface area contributed by atoms with Crippen molar-refractivity contribution in [2.24, 2.45) is 0 Å².